The number of nitro benzene ring substituents is 1. The zero-order valence-electron chi connectivity index (χ0n) is 11.5. The smallest absolute Gasteiger partial charge is 0.275 e. The first-order valence-electron chi connectivity index (χ1n) is 6.49. The van der Waals surface area contributed by atoms with Crippen LogP contribution < -0.4 is 10.1 Å². The molecule has 0 aromatic heterocycles. The van der Waals surface area contributed by atoms with Gasteiger partial charge in [-0.1, -0.05) is 23.7 Å². The van der Waals surface area contributed by atoms with E-state index in [1.807, 2.05) is 25.1 Å². The van der Waals surface area contributed by atoms with Gasteiger partial charge in [0.2, 0.25) is 0 Å². The molecule has 0 aliphatic rings. The van der Waals surface area contributed by atoms with Gasteiger partial charge in [0.15, 0.2) is 0 Å². The molecule has 2 aromatic rings. The van der Waals surface area contributed by atoms with E-state index in [0.717, 1.165) is 5.56 Å². The van der Waals surface area contributed by atoms with Crippen molar-refractivity contribution >= 4 is 23.0 Å². The number of halogens is 1. The van der Waals surface area contributed by atoms with E-state index in [1.165, 1.54) is 12.1 Å². The monoisotopic (exact) mass is 306 g/mol. The summed E-state index contributed by atoms with van der Waals surface area (Å²) in [5, 5.41) is 14.7. The molecule has 0 aliphatic heterocycles. The molecule has 0 fully saturated rings. The summed E-state index contributed by atoms with van der Waals surface area (Å²) in [6.45, 7) is 2.81. The van der Waals surface area contributed by atoms with Gasteiger partial charge in [0, 0.05) is 29.4 Å². The number of ether oxygens (including phenoxy) is 1. The lowest BCUT2D eigenvalue weighted by Crippen LogP contribution is -2.01. The maximum absolute atomic E-state index is 10.9. The number of hydrogen-bond donors (Lipinski definition) is 1. The first kappa shape index (κ1) is 15.1. The Kier molecular flexibility index (Phi) is 5.00. The molecule has 0 amide bonds. The molecule has 110 valence electrons. The Morgan fingerprint density at radius 1 is 1.29 bits per heavy atom. The second-order valence-electron chi connectivity index (χ2n) is 4.39. The van der Waals surface area contributed by atoms with Crippen molar-refractivity contribution in [1.82, 2.24) is 0 Å². The highest BCUT2D eigenvalue weighted by molar-refractivity contribution is 6.30. The van der Waals surface area contributed by atoms with Crippen molar-refractivity contribution in [2.45, 2.75) is 13.5 Å². The van der Waals surface area contributed by atoms with Crippen LogP contribution in [0.4, 0.5) is 11.4 Å². The molecule has 0 atom stereocenters. The molecule has 0 spiro atoms. The molecule has 0 saturated carbocycles. The second-order valence-corrected chi connectivity index (χ2v) is 4.83. The number of rotatable bonds is 6. The van der Waals surface area contributed by atoms with Crippen LogP contribution in [0.1, 0.15) is 12.5 Å². The van der Waals surface area contributed by atoms with Crippen LogP contribution in [0.5, 0.6) is 5.75 Å². The summed E-state index contributed by atoms with van der Waals surface area (Å²) in [6, 6.07) is 12.1. The molecule has 2 aromatic carbocycles. The maximum atomic E-state index is 10.9. The van der Waals surface area contributed by atoms with E-state index >= 15 is 0 Å². The standard InChI is InChI=1S/C15H15ClN2O3/c1-2-21-15-8-13(7-14(9-15)18(19)20)17-10-11-4-3-5-12(16)6-11/h3-9,17H,2,10H2,1H3. The van der Waals surface area contributed by atoms with Gasteiger partial charge < -0.3 is 10.1 Å². The predicted octanol–water partition coefficient (Wildman–Crippen LogP) is 4.26. The number of nitrogens with zero attached hydrogens (tertiary/aromatic N) is 1. The van der Waals surface area contributed by atoms with Gasteiger partial charge in [0.25, 0.3) is 5.69 Å². The van der Waals surface area contributed by atoms with Crippen LogP contribution in [0.2, 0.25) is 5.02 Å². The molecule has 0 unspecified atom stereocenters. The average molecular weight is 307 g/mol. The minimum Gasteiger partial charge on any atom is -0.494 e. The van der Waals surface area contributed by atoms with Gasteiger partial charge in [0.1, 0.15) is 5.75 Å². The molecule has 0 radical (unpaired) electrons. The molecule has 21 heavy (non-hydrogen) atoms. The van der Waals surface area contributed by atoms with Gasteiger partial charge in [-0.3, -0.25) is 10.1 Å². The minimum absolute atomic E-state index is 0.00505. The normalized spacial score (nSPS) is 10.2. The van der Waals surface area contributed by atoms with E-state index < -0.39 is 4.92 Å². The van der Waals surface area contributed by atoms with E-state index in [9.17, 15) is 10.1 Å². The lowest BCUT2D eigenvalue weighted by atomic mass is 10.2. The minimum atomic E-state index is -0.437. The molecule has 1 N–H and O–H groups in total. The van der Waals surface area contributed by atoms with Crippen LogP contribution in [-0.2, 0) is 6.54 Å². The largest absolute Gasteiger partial charge is 0.494 e. The van der Waals surface area contributed by atoms with E-state index in [2.05, 4.69) is 5.32 Å². The SMILES string of the molecule is CCOc1cc(NCc2cccc(Cl)c2)cc([N+](=O)[O-])c1. The quantitative estimate of drug-likeness (QED) is 0.640. The van der Waals surface area contributed by atoms with Crippen molar-refractivity contribution in [3.8, 4) is 5.75 Å². The second kappa shape index (κ2) is 6.95. The summed E-state index contributed by atoms with van der Waals surface area (Å²) in [7, 11) is 0. The fourth-order valence-corrected chi connectivity index (χ4v) is 2.10. The summed E-state index contributed by atoms with van der Waals surface area (Å²) in [5.74, 6) is 0.472. The van der Waals surface area contributed by atoms with Crippen molar-refractivity contribution in [3.05, 3.63) is 63.2 Å². The van der Waals surface area contributed by atoms with E-state index in [-0.39, 0.29) is 5.69 Å². The maximum Gasteiger partial charge on any atom is 0.275 e. The van der Waals surface area contributed by atoms with E-state index in [1.54, 1.807) is 12.1 Å². The average Bonchev–Trinajstić information content (AvgIpc) is 2.45. The van der Waals surface area contributed by atoms with Gasteiger partial charge in [-0.2, -0.15) is 0 Å². The van der Waals surface area contributed by atoms with Crippen LogP contribution >= 0.6 is 11.6 Å². The highest BCUT2D eigenvalue weighted by Gasteiger charge is 2.10. The number of hydrogen-bond acceptors (Lipinski definition) is 4. The van der Waals surface area contributed by atoms with Crippen LogP contribution in [-0.4, -0.2) is 11.5 Å². The van der Waals surface area contributed by atoms with Crippen molar-refractivity contribution in [1.29, 1.82) is 0 Å². The predicted molar refractivity (Wildman–Crippen MR) is 83.0 cm³/mol. The molecule has 0 aliphatic carbocycles. The summed E-state index contributed by atoms with van der Waals surface area (Å²) in [4.78, 5) is 10.5. The molecular weight excluding hydrogens is 292 g/mol. The highest BCUT2D eigenvalue weighted by Crippen LogP contribution is 2.26. The lowest BCUT2D eigenvalue weighted by molar-refractivity contribution is -0.384. The topological polar surface area (TPSA) is 64.4 Å². The Balaban J connectivity index is 2.16. The number of non-ortho nitro benzene ring substituents is 1. The van der Waals surface area contributed by atoms with Gasteiger partial charge in [-0.25, -0.2) is 0 Å². The van der Waals surface area contributed by atoms with E-state index in [0.29, 0.717) is 29.6 Å². The van der Waals surface area contributed by atoms with Crippen molar-refractivity contribution in [2.24, 2.45) is 0 Å². The van der Waals surface area contributed by atoms with Gasteiger partial charge >= 0.3 is 0 Å². The van der Waals surface area contributed by atoms with Crippen molar-refractivity contribution in [2.75, 3.05) is 11.9 Å². The summed E-state index contributed by atoms with van der Waals surface area (Å²) >= 11 is 5.92. The van der Waals surface area contributed by atoms with Gasteiger partial charge in [0.05, 0.1) is 17.6 Å². The highest BCUT2D eigenvalue weighted by atomic mass is 35.5. The lowest BCUT2D eigenvalue weighted by Gasteiger charge is -2.09. The Bertz CT molecular complexity index is 647. The van der Waals surface area contributed by atoms with Crippen LogP contribution in [0.25, 0.3) is 0 Å². The fourth-order valence-electron chi connectivity index (χ4n) is 1.89. The Labute approximate surface area is 127 Å². The number of benzene rings is 2. The van der Waals surface area contributed by atoms with Gasteiger partial charge in [-0.15, -0.1) is 0 Å². The third-order valence-corrected chi connectivity index (χ3v) is 3.03. The summed E-state index contributed by atoms with van der Waals surface area (Å²) < 4.78 is 5.34. The fraction of sp³-hybridized carbons (Fsp3) is 0.200. The number of anilines is 1. The van der Waals surface area contributed by atoms with Crippen molar-refractivity contribution < 1.29 is 9.66 Å². The Morgan fingerprint density at radius 2 is 2.10 bits per heavy atom. The molecule has 5 nitrogen and oxygen atoms in total. The van der Waals surface area contributed by atoms with Crippen molar-refractivity contribution in [3.63, 3.8) is 0 Å². The number of nitrogens with one attached hydrogen (secondary N) is 1. The third-order valence-electron chi connectivity index (χ3n) is 2.80. The Hall–Kier alpha value is -2.27. The first-order chi connectivity index (χ1) is 10.1. The molecular formula is C15H15ClN2O3. The van der Waals surface area contributed by atoms with Crippen LogP contribution in [0.15, 0.2) is 42.5 Å². The molecule has 0 heterocycles. The zero-order valence-corrected chi connectivity index (χ0v) is 12.3. The van der Waals surface area contributed by atoms with E-state index in [4.69, 9.17) is 16.3 Å². The Morgan fingerprint density at radius 3 is 2.76 bits per heavy atom. The molecule has 0 saturated heterocycles. The van der Waals surface area contributed by atoms with Crippen LogP contribution in [0, 0.1) is 10.1 Å². The third kappa shape index (κ3) is 4.36. The van der Waals surface area contributed by atoms with Gasteiger partial charge in [-0.05, 0) is 24.6 Å². The first-order valence-corrected chi connectivity index (χ1v) is 6.87. The molecule has 6 heteroatoms. The summed E-state index contributed by atoms with van der Waals surface area (Å²) in [5.41, 5.74) is 1.62. The molecule has 0 bridgehead atoms. The zero-order chi connectivity index (χ0) is 15.2. The molecule has 2 rings (SSSR count). The number of nitro groups is 1. The van der Waals surface area contributed by atoms with Crippen LogP contribution in [0.3, 0.4) is 0 Å². The summed E-state index contributed by atoms with van der Waals surface area (Å²) in [6.07, 6.45) is 0.